The van der Waals surface area contributed by atoms with Crippen molar-refractivity contribution in [2.45, 2.75) is 40.2 Å². The first-order chi connectivity index (χ1) is 5.61. The summed E-state index contributed by atoms with van der Waals surface area (Å²) in [7, 11) is 0. The molecule has 1 heteroatoms. The molecule has 0 radical (unpaired) electrons. The minimum Gasteiger partial charge on any atom is -0.303 e. The molecular weight excluding hydrogens is 146 g/mol. The smallest absolute Gasteiger partial charge is 0.0684 e. The fraction of sp³-hybridized carbons (Fsp3) is 0.818. The molecule has 0 bridgehead atoms. The number of hydrogen-bond acceptors (Lipinski definition) is 1. The van der Waals surface area contributed by atoms with Gasteiger partial charge in [0.05, 0.1) is 6.04 Å². The molecule has 0 heterocycles. The molecule has 70 valence electrons. The minimum absolute atomic E-state index is 0.256. The van der Waals surface area contributed by atoms with Gasteiger partial charge in [0, 0.05) is 0 Å². The van der Waals surface area contributed by atoms with E-state index in [1.807, 2.05) is 0 Å². The molecule has 0 saturated carbocycles. The fourth-order valence-corrected chi connectivity index (χ4v) is 0.885. The van der Waals surface area contributed by atoms with Crippen molar-refractivity contribution >= 4 is 0 Å². The first-order valence-corrected chi connectivity index (χ1v) is 4.81. The van der Waals surface area contributed by atoms with Crippen LogP contribution in [0.15, 0.2) is 0 Å². The van der Waals surface area contributed by atoms with Crippen molar-refractivity contribution in [1.82, 2.24) is 5.32 Å². The van der Waals surface area contributed by atoms with Gasteiger partial charge in [0.15, 0.2) is 0 Å². The van der Waals surface area contributed by atoms with Crippen molar-refractivity contribution in [3.8, 4) is 12.3 Å². The summed E-state index contributed by atoms with van der Waals surface area (Å²) >= 11 is 0. The summed E-state index contributed by atoms with van der Waals surface area (Å²) in [5.41, 5.74) is 0. The molecule has 12 heavy (non-hydrogen) atoms. The fourth-order valence-electron chi connectivity index (χ4n) is 0.885. The zero-order valence-electron chi connectivity index (χ0n) is 8.72. The van der Waals surface area contributed by atoms with Crippen LogP contribution in [0.3, 0.4) is 0 Å². The van der Waals surface area contributed by atoms with Crippen LogP contribution < -0.4 is 5.32 Å². The molecule has 1 N–H and O–H groups in total. The highest BCUT2D eigenvalue weighted by molar-refractivity contribution is 4.97. The van der Waals surface area contributed by atoms with Gasteiger partial charge >= 0.3 is 0 Å². The van der Waals surface area contributed by atoms with E-state index in [0.717, 1.165) is 18.9 Å². The van der Waals surface area contributed by atoms with E-state index in [4.69, 9.17) is 6.42 Å². The van der Waals surface area contributed by atoms with E-state index in [-0.39, 0.29) is 6.04 Å². The molecule has 1 nitrogen and oxygen atoms in total. The van der Waals surface area contributed by atoms with Crippen molar-refractivity contribution in [2.75, 3.05) is 6.54 Å². The average molecular weight is 167 g/mol. The van der Waals surface area contributed by atoms with Gasteiger partial charge in [-0.1, -0.05) is 33.6 Å². The third kappa shape index (κ3) is 4.41. The van der Waals surface area contributed by atoms with Crippen LogP contribution in [-0.4, -0.2) is 12.6 Å². The molecule has 0 rings (SSSR count). The third-order valence-corrected chi connectivity index (χ3v) is 2.43. The van der Waals surface area contributed by atoms with Crippen molar-refractivity contribution in [2.24, 2.45) is 11.8 Å². The highest BCUT2D eigenvalue weighted by atomic mass is 14.9. The van der Waals surface area contributed by atoms with Crippen molar-refractivity contribution in [1.29, 1.82) is 0 Å². The molecule has 0 aliphatic heterocycles. The zero-order chi connectivity index (χ0) is 9.56. The molecule has 0 saturated heterocycles. The van der Waals surface area contributed by atoms with E-state index in [1.54, 1.807) is 0 Å². The Morgan fingerprint density at radius 1 is 1.33 bits per heavy atom. The van der Waals surface area contributed by atoms with Gasteiger partial charge in [0.1, 0.15) is 0 Å². The Labute approximate surface area is 76.9 Å². The SMILES string of the molecule is C#CC(CC)NCC(C)C(C)C. The number of rotatable bonds is 5. The maximum absolute atomic E-state index is 5.33. The van der Waals surface area contributed by atoms with Crippen LogP contribution in [-0.2, 0) is 0 Å². The van der Waals surface area contributed by atoms with Crippen LogP contribution in [0, 0.1) is 24.2 Å². The first kappa shape index (κ1) is 11.5. The highest BCUT2D eigenvalue weighted by Gasteiger charge is 2.08. The lowest BCUT2D eigenvalue weighted by atomic mass is 9.98. The highest BCUT2D eigenvalue weighted by Crippen LogP contribution is 2.07. The van der Waals surface area contributed by atoms with Crippen molar-refractivity contribution in [3.05, 3.63) is 0 Å². The van der Waals surface area contributed by atoms with Crippen LogP contribution in [0.4, 0.5) is 0 Å². The standard InChI is InChI=1S/C11H21N/c1-6-11(7-2)12-8-10(5)9(3)4/h1,9-12H,7-8H2,2-5H3. The Kier molecular flexibility index (Phi) is 5.84. The summed E-state index contributed by atoms with van der Waals surface area (Å²) < 4.78 is 0. The maximum Gasteiger partial charge on any atom is 0.0684 e. The van der Waals surface area contributed by atoms with E-state index < -0.39 is 0 Å². The normalized spacial score (nSPS) is 15.7. The Morgan fingerprint density at radius 2 is 1.92 bits per heavy atom. The Hall–Kier alpha value is -0.480. The summed E-state index contributed by atoms with van der Waals surface area (Å²) in [5.74, 6) is 4.17. The van der Waals surface area contributed by atoms with E-state index >= 15 is 0 Å². The topological polar surface area (TPSA) is 12.0 Å². The summed E-state index contributed by atoms with van der Waals surface area (Å²) in [6.07, 6.45) is 6.35. The second-order valence-electron chi connectivity index (χ2n) is 3.76. The number of hydrogen-bond donors (Lipinski definition) is 1. The van der Waals surface area contributed by atoms with E-state index in [9.17, 15) is 0 Å². The molecule has 0 spiro atoms. The largest absolute Gasteiger partial charge is 0.303 e. The van der Waals surface area contributed by atoms with Gasteiger partial charge in [0.2, 0.25) is 0 Å². The summed E-state index contributed by atoms with van der Waals surface area (Å²) in [6, 6.07) is 0.256. The lowest BCUT2D eigenvalue weighted by molar-refractivity contribution is 0.381. The Morgan fingerprint density at radius 3 is 2.25 bits per heavy atom. The molecule has 0 aromatic rings. The number of nitrogens with one attached hydrogen (secondary N) is 1. The Balaban J connectivity index is 3.60. The molecule has 2 unspecified atom stereocenters. The molecule has 0 fully saturated rings. The van der Waals surface area contributed by atoms with Gasteiger partial charge in [-0.25, -0.2) is 0 Å². The molecule has 0 amide bonds. The summed E-state index contributed by atoms with van der Waals surface area (Å²) in [5, 5.41) is 3.36. The molecule has 2 atom stereocenters. The molecular formula is C11H21N. The van der Waals surface area contributed by atoms with Crippen LogP contribution in [0.5, 0.6) is 0 Å². The van der Waals surface area contributed by atoms with E-state index in [1.165, 1.54) is 0 Å². The van der Waals surface area contributed by atoms with Crippen LogP contribution in [0.2, 0.25) is 0 Å². The number of terminal acetylenes is 1. The minimum atomic E-state index is 0.256. The van der Waals surface area contributed by atoms with Crippen LogP contribution in [0.1, 0.15) is 34.1 Å². The van der Waals surface area contributed by atoms with Gasteiger partial charge in [-0.2, -0.15) is 0 Å². The van der Waals surface area contributed by atoms with Gasteiger partial charge in [0.25, 0.3) is 0 Å². The molecule has 0 aliphatic rings. The second kappa shape index (κ2) is 6.08. The Bertz CT molecular complexity index is 144. The quantitative estimate of drug-likeness (QED) is 0.619. The lowest BCUT2D eigenvalue weighted by Crippen LogP contribution is -2.32. The average Bonchev–Trinajstić information content (AvgIpc) is 2.05. The predicted octanol–water partition coefficient (Wildman–Crippen LogP) is 2.28. The monoisotopic (exact) mass is 167 g/mol. The lowest BCUT2D eigenvalue weighted by Gasteiger charge is -2.18. The van der Waals surface area contributed by atoms with Gasteiger partial charge in [-0.05, 0) is 24.8 Å². The van der Waals surface area contributed by atoms with Gasteiger partial charge < -0.3 is 5.32 Å². The zero-order valence-corrected chi connectivity index (χ0v) is 8.72. The van der Waals surface area contributed by atoms with E-state index in [0.29, 0.717) is 5.92 Å². The summed E-state index contributed by atoms with van der Waals surface area (Å²) in [4.78, 5) is 0. The maximum atomic E-state index is 5.33. The first-order valence-electron chi connectivity index (χ1n) is 4.81. The predicted molar refractivity (Wildman–Crippen MR) is 54.9 cm³/mol. The molecule has 0 aliphatic carbocycles. The third-order valence-electron chi connectivity index (χ3n) is 2.43. The van der Waals surface area contributed by atoms with Gasteiger partial charge in [-0.3, -0.25) is 0 Å². The van der Waals surface area contributed by atoms with Crippen LogP contribution >= 0.6 is 0 Å². The van der Waals surface area contributed by atoms with E-state index in [2.05, 4.69) is 38.9 Å². The van der Waals surface area contributed by atoms with Crippen molar-refractivity contribution < 1.29 is 0 Å². The van der Waals surface area contributed by atoms with Crippen LogP contribution in [0.25, 0.3) is 0 Å². The molecule has 0 aromatic carbocycles. The summed E-state index contributed by atoms with van der Waals surface area (Å²) in [6.45, 7) is 9.87. The molecule has 0 aromatic heterocycles. The van der Waals surface area contributed by atoms with Gasteiger partial charge in [-0.15, -0.1) is 6.42 Å². The van der Waals surface area contributed by atoms with Crippen molar-refractivity contribution in [3.63, 3.8) is 0 Å². The second-order valence-corrected chi connectivity index (χ2v) is 3.76.